The van der Waals surface area contributed by atoms with Gasteiger partial charge >= 0.3 is 0 Å². The summed E-state index contributed by atoms with van der Waals surface area (Å²) in [5.41, 5.74) is 6.00. The van der Waals surface area contributed by atoms with Crippen molar-refractivity contribution in [3.8, 4) is 0 Å². The van der Waals surface area contributed by atoms with E-state index in [-0.39, 0.29) is 24.5 Å². The number of carbonyl (C=O) groups is 3. The summed E-state index contributed by atoms with van der Waals surface area (Å²) in [7, 11) is 0. The molecule has 0 bridgehead atoms. The van der Waals surface area contributed by atoms with Gasteiger partial charge in [-0.2, -0.15) is 0 Å². The SMILES string of the molecule is NC(=O)C1CCCN1C(=O)CCC(=O)c1csc2ccccc12. The van der Waals surface area contributed by atoms with E-state index < -0.39 is 11.9 Å². The number of ketones is 1. The summed E-state index contributed by atoms with van der Waals surface area (Å²) >= 11 is 1.53. The molecule has 5 nitrogen and oxygen atoms in total. The Morgan fingerprint density at radius 2 is 2.00 bits per heavy atom. The molecule has 0 radical (unpaired) electrons. The summed E-state index contributed by atoms with van der Waals surface area (Å²) < 4.78 is 1.07. The lowest BCUT2D eigenvalue weighted by molar-refractivity contribution is -0.137. The standard InChI is InChI=1S/C17H18N2O3S/c18-17(22)13-5-3-9-19(13)16(21)8-7-14(20)12-10-23-15-6-2-1-4-11(12)15/h1-2,4,6,10,13H,3,5,7-9H2,(H2,18,22). The van der Waals surface area contributed by atoms with Crippen LogP contribution < -0.4 is 5.73 Å². The molecule has 23 heavy (non-hydrogen) atoms. The number of amides is 2. The third-order valence-corrected chi connectivity index (χ3v) is 5.21. The van der Waals surface area contributed by atoms with Gasteiger partial charge in [-0.3, -0.25) is 14.4 Å². The number of primary amides is 1. The fourth-order valence-electron chi connectivity index (χ4n) is 3.05. The molecule has 2 heterocycles. The second kappa shape index (κ2) is 6.50. The van der Waals surface area contributed by atoms with Gasteiger partial charge in [-0.05, 0) is 18.9 Å². The van der Waals surface area contributed by atoms with Gasteiger partial charge in [0.05, 0.1) is 0 Å². The molecule has 120 valence electrons. The van der Waals surface area contributed by atoms with E-state index in [0.29, 0.717) is 18.5 Å². The van der Waals surface area contributed by atoms with Crippen LogP contribution in [0, 0.1) is 0 Å². The molecule has 2 N–H and O–H groups in total. The van der Waals surface area contributed by atoms with Crippen molar-refractivity contribution in [1.29, 1.82) is 0 Å². The van der Waals surface area contributed by atoms with Crippen LogP contribution in [0.15, 0.2) is 29.6 Å². The lowest BCUT2D eigenvalue weighted by Crippen LogP contribution is -2.43. The molecule has 3 rings (SSSR count). The molecule has 1 aliphatic rings. The molecular weight excluding hydrogens is 312 g/mol. The average Bonchev–Trinajstić information content (AvgIpc) is 3.18. The predicted octanol–water partition coefficient (Wildman–Crippen LogP) is 2.34. The second-order valence-electron chi connectivity index (χ2n) is 5.72. The molecule has 2 amide bonds. The number of likely N-dealkylation sites (tertiary alicyclic amines) is 1. The molecule has 0 spiro atoms. The highest BCUT2D eigenvalue weighted by molar-refractivity contribution is 7.17. The van der Waals surface area contributed by atoms with Crippen molar-refractivity contribution < 1.29 is 14.4 Å². The highest BCUT2D eigenvalue weighted by Gasteiger charge is 2.32. The van der Waals surface area contributed by atoms with E-state index in [1.54, 1.807) is 0 Å². The Balaban J connectivity index is 1.65. The number of fused-ring (bicyclic) bond motifs is 1. The molecule has 0 saturated carbocycles. The number of nitrogens with two attached hydrogens (primary N) is 1. The van der Waals surface area contributed by atoms with Crippen LogP contribution in [0.2, 0.25) is 0 Å². The Morgan fingerprint density at radius 3 is 2.78 bits per heavy atom. The molecule has 1 unspecified atom stereocenters. The minimum Gasteiger partial charge on any atom is -0.368 e. The normalized spacial score (nSPS) is 17.6. The first-order valence-corrected chi connectivity index (χ1v) is 8.54. The fraction of sp³-hybridized carbons (Fsp3) is 0.353. The van der Waals surface area contributed by atoms with E-state index in [9.17, 15) is 14.4 Å². The molecule has 2 aromatic rings. The van der Waals surface area contributed by atoms with Crippen LogP contribution >= 0.6 is 11.3 Å². The van der Waals surface area contributed by atoms with E-state index in [2.05, 4.69) is 0 Å². The van der Waals surface area contributed by atoms with Crippen LogP contribution in [0.25, 0.3) is 10.1 Å². The van der Waals surface area contributed by atoms with Crippen molar-refractivity contribution in [1.82, 2.24) is 4.90 Å². The van der Waals surface area contributed by atoms with Gasteiger partial charge in [-0.25, -0.2) is 0 Å². The Hall–Kier alpha value is -2.21. The summed E-state index contributed by atoms with van der Waals surface area (Å²) in [4.78, 5) is 37.5. The maximum atomic E-state index is 12.4. The number of hydrogen-bond acceptors (Lipinski definition) is 4. The van der Waals surface area contributed by atoms with Crippen LogP contribution in [0.5, 0.6) is 0 Å². The van der Waals surface area contributed by atoms with Crippen LogP contribution in [-0.2, 0) is 9.59 Å². The molecule has 6 heteroatoms. The number of nitrogens with zero attached hydrogens (tertiary/aromatic N) is 1. The van der Waals surface area contributed by atoms with Crippen molar-refractivity contribution in [3.63, 3.8) is 0 Å². The molecule has 1 aromatic heterocycles. The molecule has 0 aliphatic carbocycles. The smallest absolute Gasteiger partial charge is 0.240 e. The van der Waals surface area contributed by atoms with Crippen molar-refractivity contribution in [2.24, 2.45) is 5.73 Å². The van der Waals surface area contributed by atoms with Gasteiger partial charge in [0.25, 0.3) is 0 Å². The zero-order valence-electron chi connectivity index (χ0n) is 12.7. The van der Waals surface area contributed by atoms with Crippen molar-refractivity contribution in [2.45, 2.75) is 31.7 Å². The van der Waals surface area contributed by atoms with Gasteiger partial charge in [0.1, 0.15) is 6.04 Å². The van der Waals surface area contributed by atoms with E-state index in [4.69, 9.17) is 5.73 Å². The monoisotopic (exact) mass is 330 g/mol. The van der Waals surface area contributed by atoms with E-state index >= 15 is 0 Å². The van der Waals surface area contributed by atoms with Crippen molar-refractivity contribution >= 4 is 39.0 Å². The van der Waals surface area contributed by atoms with Gasteiger partial charge in [0.2, 0.25) is 11.8 Å². The highest BCUT2D eigenvalue weighted by atomic mass is 32.1. The summed E-state index contributed by atoms with van der Waals surface area (Å²) in [6.07, 6.45) is 1.67. The first-order chi connectivity index (χ1) is 11.1. The van der Waals surface area contributed by atoms with Crippen LogP contribution in [-0.4, -0.2) is 35.1 Å². The largest absolute Gasteiger partial charge is 0.368 e. The molecule has 1 atom stereocenters. The summed E-state index contributed by atoms with van der Waals surface area (Å²) in [5.74, 6) is -0.671. The molecule has 1 aromatic carbocycles. The number of Topliss-reactive ketones (excluding diaryl/α,β-unsaturated/α-hetero) is 1. The molecular formula is C17H18N2O3S. The van der Waals surface area contributed by atoms with Crippen molar-refractivity contribution in [3.05, 3.63) is 35.2 Å². The number of benzene rings is 1. The Bertz CT molecular complexity index is 768. The van der Waals surface area contributed by atoms with E-state index in [0.717, 1.165) is 16.5 Å². The first-order valence-electron chi connectivity index (χ1n) is 7.66. The molecule has 1 saturated heterocycles. The highest BCUT2D eigenvalue weighted by Crippen LogP contribution is 2.27. The Labute approximate surface area is 138 Å². The van der Waals surface area contributed by atoms with E-state index in [1.807, 2.05) is 29.6 Å². The molecule has 1 aliphatic heterocycles. The second-order valence-corrected chi connectivity index (χ2v) is 6.63. The fourth-order valence-corrected chi connectivity index (χ4v) is 4.02. The summed E-state index contributed by atoms with van der Waals surface area (Å²) in [6.45, 7) is 0.544. The molecule has 1 fully saturated rings. The zero-order valence-corrected chi connectivity index (χ0v) is 13.5. The summed E-state index contributed by atoms with van der Waals surface area (Å²) in [5, 5.41) is 2.78. The van der Waals surface area contributed by atoms with Crippen LogP contribution in [0.1, 0.15) is 36.0 Å². The van der Waals surface area contributed by atoms with Crippen LogP contribution in [0.3, 0.4) is 0 Å². The number of carbonyl (C=O) groups excluding carboxylic acids is 3. The van der Waals surface area contributed by atoms with E-state index in [1.165, 1.54) is 16.2 Å². The number of rotatable bonds is 5. The lowest BCUT2D eigenvalue weighted by Gasteiger charge is -2.21. The zero-order chi connectivity index (χ0) is 16.4. The Morgan fingerprint density at radius 1 is 1.22 bits per heavy atom. The lowest BCUT2D eigenvalue weighted by atomic mass is 10.1. The quantitative estimate of drug-likeness (QED) is 0.855. The summed E-state index contributed by atoms with van der Waals surface area (Å²) in [6, 6.07) is 7.22. The topological polar surface area (TPSA) is 80.5 Å². The minimum atomic E-state index is -0.514. The minimum absolute atomic E-state index is 0.0365. The van der Waals surface area contributed by atoms with Gasteiger partial charge < -0.3 is 10.6 Å². The third kappa shape index (κ3) is 3.12. The number of hydrogen-bond donors (Lipinski definition) is 1. The maximum Gasteiger partial charge on any atom is 0.240 e. The third-order valence-electron chi connectivity index (χ3n) is 4.25. The van der Waals surface area contributed by atoms with Gasteiger partial charge in [0, 0.05) is 40.4 Å². The predicted molar refractivity (Wildman–Crippen MR) is 89.3 cm³/mol. The van der Waals surface area contributed by atoms with Gasteiger partial charge in [-0.15, -0.1) is 11.3 Å². The first kappa shape index (κ1) is 15.7. The maximum absolute atomic E-state index is 12.4. The number of thiophene rings is 1. The van der Waals surface area contributed by atoms with Gasteiger partial charge in [0.15, 0.2) is 5.78 Å². The van der Waals surface area contributed by atoms with Crippen LogP contribution in [0.4, 0.5) is 0 Å². The Kier molecular flexibility index (Phi) is 4.43. The average molecular weight is 330 g/mol. The van der Waals surface area contributed by atoms with Crippen molar-refractivity contribution in [2.75, 3.05) is 6.54 Å². The van der Waals surface area contributed by atoms with Gasteiger partial charge in [-0.1, -0.05) is 18.2 Å².